The van der Waals surface area contributed by atoms with Crippen molar-refractivity contribution >= 4 is 43.4 Å². The lowest BCUT2D eigenvalue weighted by Crippen LogP contribution is -2.26. The molecule has 0 saturated carbocycles. The number of nitrogens with zero attached hydrogens (tertiary/aromatic N) is 2. The molecule has 244 valence electrons. The number of hydrogen-bond acceptors (Lipinski definition) is 2. The molecule has 53 heavy (non-hydrogen) atoms. The molecule has 0 bridgehead atoms. The van der Waals surface area contributed by atoms with E-state index < -0.39 is 5.41 Å². The Morgan fingerprint density at radius 2 is 1.11 bits per heavy atom. The fourth-order valence-electron chi connectivity index (χ4n) is 9.61. The molecular weight excluding hydrogens is 641 g/mol. The Labute approximate surface area is 306 Å². The van der Waals surface area contributed by atoms with Crippen molar-refractivity contribution in [3.8, 4) is 44.6 Å². The zero-order valence-corrected chi connectivity index (χ0v) is 28.7. The number of benzene rings is 8. The highest BCUT2D eigenvalue weighted by Gasteiger charge is 2.52. The highest BCUT2D eigenvalue weighted by molar-refractivity contribution is 6.07. The lowest BCUT2D eigenvalue weighted by Gasteiger charge is -2.31. The molecule has 0 saturated heterocycles. The predicted octanol–water partition coefficient (Wildman–Crippen LogP) is 12.8. The first-order chi connectivity index (χ1) is 26.3. The summed E-state index contributed by atoms with van der Waals surface area (Å²) in [7, 11) is 0. The summed E-state index contributed by atoms with van der Waals surface area (Å²) in [5, 5.41) is 7.29. The summed E-state index contributed by atoms with van der Waals surface area (Å²) in [5.41, 5.74) is 16.8. The summed E-state index contributed by atoms with van der Waals surface area (Å²) in [6.07, 6.45) is 1.85. The summed E-state index contributed by atoms with van der Waals surface area (Å²) in [6.45, 7) is 0. The lowest BCUT2D eigenvalue weighted by molar-refractivity contribution is 0.802. The molecule has 2 aromatic heterocycles. The first kappa shape index (κ1) is 28.8. The molecular formula is C51H30N2. The van der Waals surface area contributed by atoms with E-state index in [2.05, 4.69) is 175 Å². The zero-order valence-electron chi connectivity index (χ0n) is 28.7. The minimum Gasteiger partial charge on any atom is -0.256 e. The van der Waals surface area contributed by atoms with Gasteiger partial charge in [0, 0.05) is 22.5 Å². The molecule has 0 unspecified atom stereocenters. The van der Waals surface area contributed by atoms with Crippen LogP contribution in [0.4, 0.5) is 0 Å². The standard InChI is InChI=1S/C51H30N2/c1-2-13-38-31(9-1)20-22-41-43-29-35-19-18-34(33-10-7-11-36(27-33)47-25-23-42-48(53-47)24-21-32-12-8-26-52-50(32)42)28-37(35)30-46(43)51(49(38)41)44-16-5-3-14-39(44)40-15-4-6-17-45(40)51/h1-30H. The molecule has 0 amide bonds. The van der Waals surface area contributed by atoms with Crippen LogP contribution in [0.3, 0.4) is 0 Å². The van der Waals surface area contributed by atoms with Crippen LogP contribution in [0.5, 0.6) is 0 Å². The van der Waals surface area contributed by atoms with Gasteiger partial charge in [-0.2, -0.15) is 0 Å². The monoisotopic (exact) mass is 670 g/mol. The average molecular weight is 671 g/mol. The molecule has 0 atom stereocenters. The molecule has 0 N–H and O–H groups in total. The van der Waals surface area contributed by atoms with Crippen LogP contribution in [0.15, 0.2) is 182 Å². The van der Waals surface area contributed by atoms with E-state index in [0.29, 0.717) is 0 Å². The summed E-state index contributed by atoms with van der Waals surface area (Å²) in [6, 6.07) is 64.9. The van der Waals surface area contributed by atoms with Gasteiger partial charge < -0.3 is 0 Å². The molecule has 2 aliphatic rings. The van der Waals surface area contributed by atoms with E-state index in [-0.39, 0.29) is 0 Å². The molecule has 0 radical (unpaired) electrons. The van der Waals surface area contributed by atoms with Crippen molar-refractivity contribution in [2.24, 2.45) is 0 Å². The van der Waals surface area contributed by atoms with Gasteiger partial charge in [0.15, 0.2) is 0 Å². The first-order valence-electron chi connectivity index (χ1n) is 18.3. The van der Waals surface area contributed by atoms with Crippen LogP contribution in [-0.4, -0.2) is 9.97 Å². The Morgan fingerprint density at radius 3 is 2.00 bits per heavy atom. The normalized spacial score (nSPS) is 13.4. The third kappa shape index (κ3) is 3.87. The van der Waals surface area contributed by atoms with E-state index in [0.717, 1.165) is 33.1 Å². The van der Waals surface area contributed by atoms with Gasteiger partial charge in [-0.3, -0.25) is 4.98 Å². The smallest absolute Gasteiger partial charge is 0.0795 e. The molecule has 2 nitrogen and oxygen atoms in total. The Balaban J connectivity index is 1.05. The highest BCUT2D eigenvalue weighted by Crippen LogP contribution is 2.64. The topological polar surface area (TPSA) is 25.8 Å². The molecule has 8 aromatic carbocycles. The quantitative estimate of drug-likeness (QED) is 0.171. The molecule has 2 aliphatic carbocycles. The number of fused-ring (bicyclic) bond motifs is 16. The fourth-order valence-corrected chi connectivity index (χ4v) is 9.61. The third-order valence-electron chi connectivity index (χ3n) is 11.9. The summed E-state index contributed by atoms with van der Waals surface area (Å²) < 4.78 is 0. The lowest BCUT2D eigenvalue weighted by atomic mass is 9.69. The summed E-state index contributed by atoms with van der Waals surface area (Å²) in [4.78, 5) is 9.74. The Kier molecular flexibility index (Phi) is 5.73. The molecule has 10 aromatic rings. The number of hydrogen-bond donors (Lipinski definition) is 0. The minimum atomic E-state index is -0.411. The molecule has 12 rings (SSSR count). The van der Waals surface area contributed by atoms with Crippen molar-refractivity contribution in [1.82, 2.24) is 9.97 Å². The minimum absolute atomic E-state index is 0.411. The van der Waals surface area contributed by atoms with Gasteiger partial charge in [0.05, 0.1) is 22.1 Å². The van der Waals surface area contributed by atoms with Gasteiger partial charge in [-0.1, -0.05) is 127 Å². The van der Waals surface area contributed by atoms with Gasteiger partial charge in [0.2, 0.25) is 0 Å². The Hall–Kier alpha value is -6.90. The van der Waals surface area contributed by atoms with Crippen LogP contribution >= 0.6 is 0 Å². The molecule has 2 heteroatoms. The Morgan fingerprint density at radius 1 is 0.377 bits per heavy atom. The maximum absolute atomic E-state index is 5.10. The van der Waals surface area contributed by atoms with E-state index >= 15 is 0 Å². The van der Waals surface area contributed by atoms with Crippen LogP contribution in [0.2, 0.25) is 0 Å². The van der Waals surface area contributed by atoms with Gasteiger partial charge in [-0.15, -0.1) is 0 Å². The Bertz CT molecular complexity index is 3140. The number of aromatic nitrogens is 2. The maximum atomic E-state index is 5.10. The molecule has 2 heterocycles. The maximum Gasteiger partial charge on any atom is 0.0795 e. The van der Waals surface area contributed by atoms with Gasteiger partial charge in [-0.05, 0) is 126 Å². The summed E-state index contributed by atoms with van der Waals surface area (Å²) in [5.74, 6) is 0. The van der Waals surface area contributed by atoms with E-state index in [1.54, 1.807) is 0 Å². The summed E-state index contributed by atoms with van der Waals surface area (Å²) >= 11 is 0. The van der Waals surface area contributed by atoms with Crippen LogP contribution < -0.4 is 0 Å². The zero-order chi connectivity index (χ0) is 34.7. The van der Waals surface area contributed by atoms with Gasteiger partial charge in [-0.25, -0.2) is 4.98 Å². The first-order valence-corrected chi connectivity index (χ1v) is 18.3. The van der Waals surface area contributed by atoms with Crippen molar-refractivity contribution < 1.29 is 0 Å². The van der Waals surface area contributed by atoms with Gasteiger partial charge >= 0.3 is 0 Å². The van der Waals surface area contributed by atoms with E-state index in [4.69, 9.17) is 4.98 Å². The van der Waals surface area contributed by atoms with Crippen molar-refractivity contribution in [3.05, 3.63) is 204 Å². The van der Waals surface area contributed by atoms with Crippen LogP contribution in [0.1, 0.15) is 22.3 Å². The predicted molar refractivity (Wildman–Crippen MR) is 219 cm³/mol. The van der Waals surface area contributed by atoms with E-state index in [9.17, 15) is 0 Å². The van der Waals surface area contributed by atoms with Crippen LogP contribution in [0, 0.1) is 0 Å². The second kappa shape index (κ2) is 10.6. The SMILES string of the molecule is c1cc(-c2ccc3cc4c(cc3c2)C2(c3ccccc3-c3ccccc32)c2c-4ccc3ccccc23)cc(-c2ccc3c(ccc4cccnc43)n2)c1. The van der Waals surface area contributed by atoms with Crippen molar-refractivity contribution in [2.45, 2.75) is 5.41 Å². The van der Waals surface area contributed by atoms with Crippen LogP contribution in [0.25, 0.3) is 88.0 Å². The third-order valence-corrected chi connectivity index (χ3v) is 11.9. The second-order valence-electron chi connectivity index (χ2n) is 14.5. The fraction of sp³-hybridized carbons (Fsp3) is 0.0196. The van der Waals surface area contributed by atoms with E-state index in [1.807, 2.05) is 12.3 Å². The number of pyridine rings is 2. The molecule has 0 aliphatic heterocycles. The van der Waals surface area contributed by atoms with Gasteiger partial charge in [0.25, 0.3) is 0 Å². The van der Waals surface area contributed by atoms with Crippen molar-refractivity contribution in [2.75, 3.05) is 0 Å². The van der Waals surface area contributed by atoms with Crippen molar-refractivity contribution in [1.29, 1.82) is 0 Å². The number of rotatable bonds is 2. The highest BCUT2D eigenvalue weighted by atomic mass is 14.7. The van der Waals surface area contributed by atoms with Crippen LogP contribution in [-0.2, 0) is 5.41 Å². The molecule has 1 spiro atoms. The van der Waals surface area contributed by atoms with Gasteiger partial charge in [0.1, 0.15) is 0 Å². The molecule has 0 fully saturated rings. The second-order valence-corrected chi connectivity index (χ2v) is 14.5. The average Bonchev–Trinajstić information content (AvgIpc) is 3.69. The van der Waals surface area contributed by atoms with Crippen molar-refractivity contribution in [3.63, 3.8) is 0 Å². The van der Waals surface area contributed by atoms with E-state index in [1.165, 1.54) is 77.2 Å². The largest absolute Gasteiger partial charge is 0.256 e.